The predicted octanol–water partition coefficient (Wildman–Crippen LogP) is 3.13. The third-order valence-electron chi connectivity index (χ3n) is 4.13. The number of benzene rings is 2. The molecule has 2 aromatic rings. The van der Waals surface area contributed by atoms with Gasteiger partial charge in [-0.1, -0.05) is 48.0 Å². The second-order valence-electron chi connectivity index (χ2n) is 6.62. The van der Waals surface area contributed by atoms with Crippen molar-refractivity contribution in [2.45, 2.75) is 38.8 Å². The molecule has 6 heteroatoms. The maximum Gasteiger partial charge on any atom is 0.251 e. The maximum absolute atomic E-state index is 12.6. The molecular formula is C21H28ClN3O2. The number of nitrogens with one attached hydrogen (secondary N) is 2. The van der Waals surface area contributed by atoms with Gasteiger partial charge < -0.3 is 16.4 Å². The lowest BCUT2D eigenvalue weighted by Crippen LogP contribution is -2.35. The molecular weight excluding hydrogens is 362 g/mol. The van der Waals surface area contributed by atoms with Crippen LogP contribution in [0.3, 0.4) is 0 Å². The van der Waals surface area contributed by atoms with Crippen molar-refractivity contribution in [1.29, 1.82) is 0 Å². The summed E-state index contributed by atoms with van der Waals surface area (Å²) in [5, 5.41) is 5.84. The fourth-order valence-corrected chi connectivity index (χ4v) is 2.58. The minimum Gasteiger partial charge on any atom is -0.356 e. The summed E-state index contributed by atoms with van der Waals surface area (Å²) < 4.78 is 0. The second kappa shape index (κ2) is 11.4. The van der Waals surface area contributed by atoms with E-state index in [1.54, 1.807) is 12.1 Å². The fourth-order valence-electron chi connectivity index (χ4n) is 2.58. The summed E-state index contributed by atoms with van der Waals surface area (Å²) in [5.41, 5.74) is 8.27. The van der Waals surface area contributed by atoms with Crippen LogP contribution in [0.5, 0.6) is 0 Å². The van der Waals surface area contributed by atoms with Crippen LogP contribution in [0.15, 0.2) is 54.6 Å². The Morgan fingerprint density at radius 1 is 1.04 bits per heavy atom. The van der Waals surface area contributed by atoms with E-state index in [1.165, 1.54) is 0 Å². The van der Waals surface area contributed by atoms with Crippen LogP contribution in [0.1, 0.15) is 47.3 Å². The topological polar surface area (TPSA) is 84.2 Å². The molecule has 0 aliphatic rings. The second-order valence-corrected chi connectivity index (χ2v) is 6.62. The first-order valence-corrected chi connectivity index (χ1v) is 8.90. The molecule has 27 heavy (non-hydrogen) atoms. The first-order chi connectivity index (χ1) is 12.5. The van der Waals surface area contributed by atoms with Gasteiger partial charge in [0.05, 0.1) is 12.5 Å². The average Bonchev–Trinajstić information content (AvgIpc) is 2.62. The molecule has 2 atom stereocenters. The zero-order chi connectivity index (χ0) is 18.9. The number of hydrogen-bond acceptors (Lipinski definition) is 3. The Balaban J connectivity index is 0.00000364. The minimum atomic E-state index is -0.389. The van der Waals surface area contributed by atoms with E-state index < -0.39 is 0 Å². The van der Waals surface area contributed by atoms with E-state index in [-0.39, 0.29) is 42.7 Å². The van der Waals surface area contributed by atoms with Crippen LogP contribution in [0.2, 0.25) is 0 Å². The molecule has 0 radical (unpaired) electrons. The summed E-state index contributed by atoms with van der Waals surface area (Å²) >= 11 is 0. The van der Waals surface area contributed by atoms with Crippen molar-refractivity contribution < 1.29 is 9.59 Å². The number of amides is 2. The number of halogens is 1. The van der Waals surface area contributed by atoms with Gasteiger partial charge in [-0.3, -0.25) is 9.59 Å². The zero-order valence-electron chi connectivity index (χ0n) is 15.8. The first kappa shape index (κ1) is 22.7. The van der Waals surface area contributed by atoms with Crippen molar-refractivity contribution in [2.24, 2.45) is 5.73 Å². The molecule has 0 saturated carbocycles. The van der Waals surface area contributed by atoms with E-state index in [4.69, 9.17) is 5.73 Å². The molecule has 0 fully saturated rings. The Morgan fingerprint density at radius 2 is 1.67 bits per heavy atom. The van der Waals surface area contributed by atoms with Gasteiger partial charge in [0, 0.05) is 18.2 Å². The molecule has 0 aromatic heterocycles. The molecule has 0 heterocycles. The van der Waals surface area contributed by atoms with Crippen LogP contribution in [-0.4, -0.2) is 24.4 Å². The predicted molar refractivity (Wildman–Crippen MR) is 111 cm³/mol. The van der Waals surface area contributed by atoms with Crippen molar-refractivity contribution in [3.8, 4) is 0 Å². The smallest absolute Gasteiger partial charge is 0.251 e. The third-order valence-corrected chi connectivity index (χ3v) is 4.13. The molecule has 2 aromatic carbocycles. The van der Waals surface area contributed by atoms with Crippen molar-refractivity contribution in [3.05, 3.63) is 71.3 Å². The Bertz CT molecular complexity index is 718. The minimum absolute atomic E-state index is 0. The quantitative estimate of drug-likeness (QED) is 0.648. The highest BCUT2D eigenvalue weighted by Gasteiger charge is 2.19. The van der Waals surface area contributed by atoms with Crippen LogP contribution in [-0.2, 0) is 4.79 Å². The number of carbonyl (C=O) groups is 2. The van der Waals surface area contributed by atoms with Crippen LogP contribution in [0.4, 0.5) is 0 Å². The normalized spacial score (nSPS) is 12.4. The number of nitrogens with two attached hydrogens (primary N) is 1. The molecule has 0 spiro atoms. The molecule has 0 aliphatic heterocycles. The van der Waals surface area contributed by atoms with Crippen molar-refractivity contribution in [2.75, 3.05) is 6.54 Å². The zero-order valence-corrected chi connectivity index (χ0v) is 16.6. The SMILES string of the molecule is Cc1ccc(C(=O)NC(CC(=O)NCCC(C)N)c2ccccc2)cc1.Cl. The molecule has 2 unspecified atom stereocenters. The summed E-state index contributed by atoms with van der Waals surface area (Å²) in [4.78, 5) is 24.8. The maximum atomic E-state index is 12.6. The van der Waals surface area contributed by atoms with E-state index in [1.807, 2.05) is 56.3 Å². The van der Waals surface area contributed by atoms with Crippen LogP contribution in [0.25, 0.3) is 0 Å². The van der Waals surface area contributed by atoms with E-state index in [9.17, 15) is 9.59 Å². The van der Waals surface area contributed by atoms with Gasteiger partial charge in [-0.2, -0.15) is 0 Å². The van der Waals surface area contributed by atoms with Crippen LogP contribution in [0, 0.1) is 6.92 Å². The lowest BCUT2D eigenvalue weighted by atomic mass is 10.0. The number of hydrogen-bond donors (Lipinski definition) is 3. The third kappa shape index (κ3) is 7.81. The number of carbonyl (C=O) groups excluding carboxylic acids is 2. The number of rotatable bonds is 8. The Hall–Kier alpha value is -2.37. The average molecular weight is 390 g/mol. The molecule has 4 N–H and O–H groups in total. The molecule has 0 saturated heterocycles. The Labute approximate surface area is 167 Å². The van der Waals surface area contributed by atoms with Crippen molar-refractivity contribution >= 4 is 24.2 Å². The van der Waals surface area contributed by atoms with Crippen molar-refractivity contribution in [1.82, 2.24) is 10.6 Å². The van der Waals surface area contributed by atoms with Crippen LogP contribution >= 0.6 is 12.4 Å². The summed E-state index contributed by atoms with van der Waals surface area (Å²) in [5.74, 6) is -0.300. The molecule has 0 bridgehead atoms. The van der Waals surface area contributed by atoms with E-state index in [0.29, 0.717) is 12.1 Å². The van der Waals surface area contributed by atoms with Gasteiger partial charge >= 0.3 is 0 Å². The van der Waals surface area contributed by atoms with E-state index in [0.717, 1.165) is 17.5 Å². The molecule has 2 amide bonds. The van der Waals surface area contributed by atoms with E-state index in [2.05, 4.69) is 10.6 Å². The standard InChI is InChI=1S/C21H27N3O2.ClH/c1-15-8-10-18(11-9-15)21(26)24-19(17-6-4-3-5-7-17)14-20(25)23-13-12-16(2)22;/h3-11,16,19H,12-14,22H2,1-2H3,(H,23,25)(H,24,26);1H. The summed E-state index contributed by atoms with van der Waals surface area (Å²) in [6.45, 7) is 4.41. The highest BCUT2D eigenvalue weighted by Crippen LogP contribution is 2.17. The lowest BCUT2D eigenvalue weighted by molar-refractivity contribution is -0.121. The molecule has 146 valence electrons. The molecule has 5 nitrogen and oxygen atoms in total. The van der Waals surface area contributed by atoms with Gasteiger partial charge in [0.1, 0.15) is 0 Å². The summed E-state index contributed by atoms with van der Waals surface area (Å²) in [7, 11) is 0. The van der Waals surface area contributed by atoms with Gasteiger partial charge in [-0.15, -0.1) is 12.4 Å². The highest BCUT2D eigenvalue weighted by molar-refractivity contribution is 5.94. The largest absolute Gasteiger partial charge is 0.356 e. The van der Waals surface area contributed by atoms with E-state index >= 15 is 0 Å². The van der Waals surface area contributed by atoms with Gasteiger partial charge in [0.2, 0.25) is 5.91 Å². The van der Waals surface area contributed by atoms with Crippen molar-refractivity contribution in [3.63, 3.8) is 0 Å². The van der Waals surface area contributed by atoms with Gasteiger partial charge in [-0.05, 0) is 38.0 Å². The summed E-state index contributed by atoms with van der Waals surface area (Å²) in [6.07, 6.45) is 0.901. The van der Waals surface area contributed by atoms with Gasteiger partial charge in [-0.25, -0.2) is 0 Å². The monoisotopic (exact) mass is 389 g/mol. The highest BCUT2D eigenvalue weighted by atomic mass is 35.5. The Morgan fingerprint density at radius 3 is 2.26 bits per heavy atom. The number of aryl methyl sites for hydroxylation is 1. The fraction of sp³-hybridized carbons (Fsp3) is 0.333. The summed E-state index contributed by atoms with van der Waals surface area (Å²) in [6, 6.07) is 16.5. The van der Waals surface area contributed by atoms with Gasteiger partial charge in [0.15, 0.2) is 0 Å². The first-order valence-electron chi connectivity index (χ1n) is 8.90. The molecule has 2 rings (SSSR count). The lowest BCUT2D eigenvalue weighted by Gasteiger charge is -2.19. The Kier molecular flexibility index (Phi) is 9.54. The van der Waals surface area contributed by atoms with Crippen LogP contribution < -0.4 is 16.4 Å². The molecule has 0 aliphatic carbocycles. The van der Waals surface area contributed by atoms with Gasteiger partial charge in [0.25, 0.3) is 5.91 Å².